The maximum Gasteiger partial charge on any atom is 0.259 e. The van der Waals surface area contributed by atoms with Crippen molar-refractivity contribution in [3.63, 3.8) is 0 Å². The van der Waals surface area contributed by atoms with Crippen LogP contribution in [0.4, 0.5) is 0 Å². The van der Waals surface area contributed by atoms with E-state index in [-0.39, 0.29) is 16.7 Å². The Hall–Kier alpha value is -2.65. The second-order valence-electron chi connectivity index (χ2n) is 7.44. The number of imidazole rings is 1. The molecule has 2 N–H and O–H groups in total. The van der Waals surface area contributed by atoms with Gasteiger partial charge in [0.25, 0.3) is 11.5 Å². The van der Waals surface area contributed by atoms with Gasteiger partial charge in [0, 0.05) is 4.88 Å². The number of aromatic amines is 1. The first kappa shape index (κ1) is 19.3. The number of rotatable bonds is 5. The number of nitrogens with one attached hydrogen (secondary N) is 2. The van der Waals surface area contributed by atoms with E-state index in [1.807, 2.05) is 31.2 Å². The number of thiophene rings is 1. The van der Waals surface area contributed by atoms with E-state index in [0.29, 0.717) is 11.6 Å². The van der Waals surface area contributed by atoms with Crippen molar-refractivity contribution in [2.24, 2.45) is 0 Å². The predicted octanol–water partition coefficient (Wildman–Crippen LogP) is 3.61. The lowest BCUT2D eigenvalue weighted by Gasteiger charge is -2.13. The van der Waals surface area contributed by atoms with Gasteiger partial charge >= 0.3 is 0 Å². The van der Waals surface area contributed by atoms with Crippen molar-refractivity contribution in [2.75, 3.05) is 5.43 Å². The molecule has 1 aliphatic carbocycles. The molecule has 1 unspecified atom stereocenters. The fraction of sp³-hybridized carbons (Fsp3) is 0.333. The molecule has 0 bridgehead atoms. The summed E-state index contributed by atoms with van der Waals surface area (Å²) in [6.07, 6.45) is 5.92. The number of hydrogen-bond donors (Lipinski definition) is 2. The van der Waals surface area contributed by atoms with Gasteiger partial charge in [-0.3, -0.25) is 15.0 Å². The Labute approximate surface area is 180 Å². The number of carbonyl (C=O) groups excluding carboxylic acids is 1. The quantitative estimate of drug-likeness (QED) is 0.496. The Balaban J connectivity index is 1.29. The Morgan fingerprint density at radius 2 is 2.17 bits per heavy atom. The van der Waals surface area contributed by atoms with Gasteiger partial charge in [0.15, 0.2) is 0 Å². The SMILES string of the molecule is CC(SCc1nc2sc3c(c2c(=O)[nH]1)CCCC3)C(=O)Nn1cnc2ccccc21. The van der Waals surface area contributed by atoms with Crippen LogP contribution in [0.15, 0.2) is 35.4 Å². The van der Waals surface area contributed by atoms with Crippen molar-refractivity contribution in [3.05, 3.63) is 57.2 Å². The zero-order chi connectivity index (χ0) is 20.7. The molecular weight excluding hydrogens is 418 g/mol. The van der Waals surface area contributed by atoms with Crippen LogP contribution in [-0.4, -0.2) is 30.8 Å². The summed E-state index contributed by atoms with van der Waals surface area (Å²) in [6.45, 7) is 1.85. The van der Waals surface area contributed by atoms with Crippen molar-refractivity contribution in [1.29, 1.82) is 0 Å². The van der Waals surface area contributed by atoms with E-state index < -0.39 is 0 Å². The molecule has 4 aromatic rings. The van der Waals surface area contributed by atoms with Crippen LogP contribution in [0, 0.1) is 0 Å². The molecule has 0 aliphatic heterocycles. The Morgan fingerprint density at radius 1 is 1.33 bits per heavy atom. The third-order valence-corrected chi connectivity index (χ3v) is 7.74. The molecule has 1 amide bonds. The maximum atomic E-state index is 12.7. The number of nitrogens with zero attached hydrogens (tertiary/aromatic N) is 3. The fourth-order valence-electron chi connectivity index (χ4n) is 3.81. The molecule has 154 valence electrons. The molecule has 1 aromatic carbocycles. The molecule has 9 heteroatoms. The normalized spacial score (nSPS) is 14.7. The lowest BCUT2D eigenvalue weighted by atomic mass is 9.97. The van der Waals surface area contributed by atoms with E-state index in [1.54, 1.807) is 22.3 Å². The molecule has 0 saturated heterocycles. The summed E-state index contributed by atoms with van der Waals surface area (Å²) >= 11 is 3.09. The first-order valence-electron chi connectivity index (χ1n) is 9.98. The van der Waals surface area contributed by atoms with E-state index in [4.69, 9.17) is 0 Å². The highest BCUT2D eigenvalue weighted by atomic mass is 32.2. The molecule has 0 fully saturated rings. The molecule has 0 spiro atoms. The first-order valence-corrected chi connectivity index (χ1v) is 11.8. The smallest absolute Gasteiger partial charge is 0.259 e. The van der Waals surface area contributed by atoms with Crippen LogP contribution < -0.4 is 11.0 Å². The van der Waals surface area contributed by atoms with Crippen LogP contribution in [0.2, 0.25) is 0 Å². The van der Waals surface area contributed by atoms with E-state index >= 15 is 0 Å². The zero-order valence-electron chi connectivity index (χ0n) is 16.5. The van der Waals surface area contributed by atoms with E-state index in [2.05, 4.69) is 20.4 Å². The topological polar surface area (TPSA) is 92.7 Å². The second kappa shape index (κ2) is 7.88. The van der Waals surface area contributed by atoms with E-state index in [0.717, 1.165) is 40.5 Å². The molecule has 30 heavy (non-hydrogen) atoms. The average Bonchev–Trinajstić information content (AvgIpc) is 3.33. The number of carbonyl (C=O) groups is 1. The minimum Gasteiger partial charge on any atom is -0.309 e. The van der Waals surface area contributed by atoms with Crippen LogP contribution in [0.1, 0.15) is 36.0 Å². The number of thioether (sulfide) groups is 1. The number of hydrogen-bond acceptors (Lipinski definition) is 6. The number of para-hydroxylation sites is 2. The van der Waals surface area contributed by atoms with Crippen LogP contribution >= 0.6 is 23.1 Å². The minimum atomic E-state index is -0.316. The van der Waals surface area contributed by atoms with Crippen LogP contribution in [0.3, 0.4) is 0 Å². The van der Waals surface area contributed by atoms with Gasteiger partial charge in [-0.1, -0.05) is 12.1 Å². The molecule has 1 atom stereocenters. The van der Waals surface area contributed by atoms with Crippen molar-refractivity contribution in [2.45, 2.75) is 43.6 Å². The summed E-state index contributed by atoms with van der Waals surface area (Å²) in [6, 6.07) is 7.63. The van der Waals surface area contributed by atoms with Gasteiger partial charge in [0.1, 0.15) is 17.0 Å². The lowest BCUT2D eigenvalue weighted by Crippen LogP contribution is -2.29. The molecule has 0 saturated carbocycles. The van der Waals surface area contributed by atoms with Gasteiger partial charge in [0.05, 0.1) is 27.4 Å². The van der Waals surface area contributed by atoms with Gasteiger partial charge in [-0.25, -0.2) is 14.6 Å². The molecule has 5 rings (SSSR count). The third kappa shape index (κ3) is 3.52. The highest BCUT2D eigenvalue weighted by Crippen LogP contribution is 2.33. The van der Waals surface area contributed by atoms with Crippen molar-refractivity contribution in [1.82, 2.24) is 19.6 Å². The number of aryl methyl sites for hydroxylation is 2. The van der Waals surface area contributed by atoms with Crippen LogP contribution in [0.25, 0.3) is 21.3 Å². The van der Waals surface area contributed by atoms with Gasteiger partial charge in [0.2, 0.25) is 0 Å². The largest absolute Gasteiger partial charge is 0.309 e. The first-order chi connectivity index (χ1) is 14.6. The average molecular weight is 440 g/mol. The molecule has 3 aromatic heterocycles. The van der Waals surface area contributed by atoms with Crippen molar-refractivity contribution >= 4 is 50.3 Å². The van der Waals surface area contributed by atoms with Gasteiger partial charge in [-0.2, -0.15) is 0 Å². The third-order valence-electron chi connectivity index (χ3n) is 5.40. The highest BCUT2D eigenvalue weighted by Gasteiger charge is 2.20. The van der Waals surface area contributed by atoms with Crippen molar-refractivity contribution < 1.29 is 4.79 Å². The number of aromatic nitrogens is 4. The van der Waals surface area contributed by atoms with E-state index in [1.165, 1.54) is 28.6 Å². The van der Waals surface area contributed by atoms with Gasteiger partial charge in [-0.15, -0.1) is 23.1 Å². The van der Waals surface area contributed by atoms with Crippen LogP contribution in [0.5, 0.6) is 0 Å². The summed E-state index contributed by atoms with van der Waals surface area (Å²) < 4.78 is 1.64. The highest BCUT2D eigenvalue weighted by molar-refractivity contribution is 7.99. The molecule has 0 radical (unpaired) electrons. The number of H-pyrrole nitrogens is 1. The number of fused-ring (bicyclic) bond motifs is 4. The Bertz CT molecular complexity index is 1310. The standard InChI is InChI=1S/C21H21N5O2S2/c1-12(19(27)25-26-11-22-14-7-3-4-8-15(14)26)29-10-17-23-20(28)18-13-6-2-5-9-16(13)30-21(18)24-17/h3-4,7-8,11-12H,2,5-6,9-10H2,1H3,(H,25,27)(H,23,24,28). The summed E-state index contributed by atoms with van der Waals surface area (Å²) in [4.78, 5) is 39.3. The summed E-state index contributed by atoms with van der Waals surface area (Å²) in [5.74, 6) is 0.953. The Kier molecular flexibility index (Phi) is 5.08. The summed E-state index contributed by atoms with van der Waals surface area (Å²) in [5, 5.41) is 0.449. The molecule has 3 heterocycles. The van der Waals surface area contributed by atoms with E-state index in [9.17, 15) is 9.59 Å². The number of amides is 1. The zero-order valence-corrected chi connectivity index (χ0v) is 18.1. The maximum absolute atomic E-state index is 12.7. The predicted molar refractivity (Wildman–Crippen MR) is 122 cm³/mol. The van der Waals surface area contributed by atoms with Crippen LogP contribution in [-0.2, 0) is 23.4 Å². The fourth-order valence-corrected chi connectivity index (χ4v) is 5.84. The molecule has 1 aliphatic rings. The minimum absolute atomic E-state index is 0.0583. The second-order valence-corrected chi connectivity index (χ2v) is 9.85. The molecule has 7 nitrogen and oxygen atoms in total. The Morgan fingerprint density at radius 3 is 3.07 bits per heavy atom. The van der Waals surface area contributed by atoms with Gasteiger partial charge in [-0.05, 0) is 50.3 Å². The van der Waals surface area contributed by atoms with Gasteiger partial charge < -0.3 is 4.98 Å². The summed E-state index contributed by atoms with van der Waals surface area (Å²) in [5.41, 5.74) is 5.68. The monoisotopic (exact) mass is 439 g/mol. The number of benzene rings is 1. The summed E-state index contributed by atoms with van der Waals surface area (Å²) in [7, 11) is 0. The lowest BCUT2D eigenvalue weighted by molar-refractivity contribution is -0.116. The molecular formula is C21H21N5O2S2. The van der Waals surface area contributed by atoms with Crippen molar-refractivity contribution in [3.8, 4) is 0 Å².